The molecule has 4 rings (SSSR count). The molecule has 5 N–H and O–H groups in total. The SMILES string of the molecule is N#C/C(N)=C/C=C(\N)N1CC2CCN(c3ncnc4[nH]ccc34)CC2C1. The Bertz CT molecular complexity index is 905. The average molecular weight is 350 g/mol. The van der Waals surface area contributed by atoms with Gasteiger partial charge < -0.3 is 26.3 Å². The fourth-order valence-electron chi connectivity index (χ4n) is 4.00. The van der Waals surface area contributed by atoms with E-state index in [1.54, 1.807) is 18.5 Å². The van der Waals surface area contributed by atoms with Gasteiger partial charge in [0.2, 0.25) is 0 Å². The summed E-state index contributed by atoms with van der Waals surface area (Å²) in [5.74, 6) is 2.83. The van der Waals surface area contributed by atoms with E-state index in [9.17, 15) is 0 Å². The first-order chi connectivity index (χ1) is 12.7. The van der Waals surface area contributed by atoms with E-state index in [0.717, 1.165) is 49.5 Å². The number of piperidine rings is 1. The summed E-state index contributed by atoms with van der Waals surface area (Å²) in [4.78, 5) is 16.5. The Morgan fingerprint density at radius 1 is 1.23 bits per heavy atom. The molecule has 134 valence electrons. The fraction of sp³-hybridized carbons (Fsp3) is 0.389. The van der Waals surface area contributed by atoms with Crippen molar-refractivity contribution in [1.29, 1.82) is 5.26 Å². The van der Waals surface area contributed by atoms with Crippen LogP contribution in [0.5, 0.6) is 0 Å². The number of hydrogen-bond donors (Lipinski definition) is 3. The molecule has 0 saturated carbocycles. The van der Waals surface area contributed by atoms with Crippen molar-refractivity contribution in [3.63, 3.8) is 0 Å². The summed E-state index contributed by atoms with van der Waals surface area (Å²) in [6.45, 7) is 3.80. The molecule has 2 saturated heterocycles. The Labute approximate surface area is 151 Å². The Kier molecular flexibility index (Phi) is 4.13. The zero-order valence-electron chi connectivity index (χ0n) is 14.5. The number of aromatic nitrogens is 3. The van der Waals surface area contributed by atoms with Gasteiger partial charge in [0.1, 0.15) is 29.6 Å². The Balaban J connectivity index is 1.48. The first-order valence-electron chi connectivity index (χ1n) is 8.76. The number of likely N-dealkylation sites (tertiary alicyclic amines) is 1. The van der Waals surface area contributed by atoms with Crippen LogP contribution in [0.4, 0.5) is 5.82 Å². The number of fused-ring (bicyclic) bond motifs is 2. The molecular weight excluding hydrogens is 328 g/mol. The van der Waals surface area contributed by atoms with E-state index in [-0.39, 0.29) is 5.70 Å². The highest BCUT2D eigenvalue weighted by Crippen LogP contribution is 2.35. The lowest BCUT2D eigenvalue weighted by Crippen LogP contribution is -2.40. The largest absolute Gasteiger partial charge is 0.390 e. The van der Waals surface area contributed by atoms with Gasteiger partial charge in [-0.1, -0.05) is 0 Å². The number of allylic oxidation sites excluding steroid dienone is 3. The lowest BCUT2D eigenvalue weighted by Gasteiger charge is -2.35. The first kappa shape index (κ1) is 16.3. The van der Waals surface area contributed by atoms with E-state index in [0.29, 0.717) is 17.7 Å². The molecule has 0 aromatic carbocycles. The van der Waals surface area contributed by atoms with Crippen molar-refractivity contribution in [3.8, 4) is 6.07 Å². The molecule has 2 atom stereocenters. The second-order valence-corrected chi connectivity index (χ2v) is 6.92. The third-order valence-corrected chi connectivity index (χ3v) is 5.36. The Morgan fingerprint density at radius 3 is 2.92 bits per heavy atom. The highest BCUT2D eigenvalue weighted by molar-refractivity contribution is 5.87. The molecule has 2 aliphatic heterocycles. The van der Waals surface area contributed by atoms with Gasteiger partial charge in [0.25, 0.3) is 0 Å². The van der Waals surface area contributed by atoms with E-state index in [2.05, 4.69) is 24.8 Å². The zero-order valence-corrected chi connectivity index (χ0v) is 14.5. The molecule has 2 aromatic heterocycles. The van der Waals surface area contributed by atoms with Gasteiger partial charge in [-0.15, -0.1) is 0 Å². The van der Waals surface area contributed by atoms with Crippen LogP contribution in [0.25, 0.3) is 11.0 Å². The van der Waals surface area contributed by atoms with Crippen molar-refractivity contribution in [2.45, 2.75) is 6.42 Å². The highest BCUT2D eigenvalue weighted by Gasteiger charge is 2.38. The van der Waals surface area contributed by atoms with Crippen molar-refractivity contribution in [3.05, 3.63) is 42.3 Å². The van der Waals surface area contributed by atoms with Crippen LogP contribution in [0.15, 0.2) is 42.3 Å². The maximum Gasteiger partial charge on any atom is 0.142 e. The normalized spacial score (nSPS) is 24.0. The minimum atomic E-state index is 0.162. The standard InChI is InChI=1S/C18H22N8/c19-7-14(20)1-2-16(21)26-8-12-4-6-25(9-13(12)10-26)18-15-3-5-22-17(15)23-11-24-18/h1-3,5,11-13H,4,6,8-10,20-21H2,(H,22,23,24)/b14-1-,16-2+. The number of nitriles is 1. The minimum absolute atomic E-state index is 0.162. The van der Waals surface area contributed by atoms with Gasteiger partial charge in [-0.3, -0.25) is 0 Å². The molecule has 2 aromatic rings. The predicted octanol–water partition coefficient (Wildman–Crippen LogP) is 0.882. The molecule has 4 heterocycles. The fourth-order valence-corrected chi connectivity index (χ4v) is 4.00. The number of aromatic amines is 1. The topological polar surface area (TPSA) is 124 Å². The van der Waals surface area contributed by atoms with Crippen molar-refractivity contribution in [2.24, 2.45) is 23.3 Å². The molecule has 0 spiro atoms. The summed E-state index contributed by atoms with van der Waals surface area (Å²) < 4.78 is 0. The van der Waals surface area contributed by atoms with Crippen molar-refractivity contribution < 1.29 is 0 Å². The number of anilines is 1. The van der Waals surface area contributed by atoms with Crippen LogP contribution in [-0.4, -0.2) is 46.0 Å². The van der Waals surface area contributed by atoms with Crippen LogP contribution in [0.3, 0.4) is 0 Å². The summed E-state index contributed by atoms with van der Waals surface area (Å²) in [6.07, 6.45) is 7.92. The van der Waals surface area contributed by atoms with Crippen molar-refractivity contribution >= 4 is 16.9 Å². The molecule has 0 amide bonds. The van der Waals surface area contributed by atoms with Gasteiger partial charge in [0.15, 0.2) is 0 Å². The van der Waals surface area contributed by atoms with Crippen LogP contribution in [0, 0.1) is 23.2 Å². The average Bonchev–Trinajstić information content (AvgIpc) is 3.31. The third kappa shape index (κ3) is 2.92. The molecule has 8 heteroatoms. The Morgan fingerprint density at radius 2 is 2.08 bits per heavy atom. The van der Waals surface area contributed by atoms with E-state index >= 15 is 0 Å². The van der Waals surface area contributed by atoms with Gasteiger partial charge in [0.05, 0.1) is 11.2 Å². The molecular formula is C18H22N8. The number of H-pyrrole nitrogens is 1. The molecule has 2 aliphatic rings. The van der Waals surface area contributed by atoms with Crippen LogP contribution >= 0.6 is 0 Å². The summed E-state index contributed by atoms with van der Waals surface area (Å²) in [5, 5.41) is 9.80. The van der Waals surface area contributed by atoms with Gasteiger partial charge in [-0.2, -0.15) is 5.26 Å². The zero-order chi connectivity index (χ0) is 18.1. The van der Waals surface area contributed by atoms with Crippen molar-refractivity contribution in [2.75, 3.05) is 31.1 Å². The number of nitrogens with one attached hydrogen (secondary N) is 1. The van der Waals surface area contributed by atoms with Crippen LogP contribution in [0.1, 0.15) is 6.42 Å². The summed E-state index contributed by atoms with van der Waals surface area (Å²) in [6, 6.07) is 3.93. The van der Waals surface area contributed by atoms with Gasteiger partial charge >= 0.3 is 0 Å². The second kappa shape index (κ2) is 6.59. The van der Waals surface area contributed by atoms with E-state index in [4.69, 9.17) is 16.7 Å². The molecule has 8 nitrogen and oxygen atoms in total. The summed E-state index contributed by atoms with van der Waals surface area (Å²) in [5.41, 5.74) is 12.7. The monoisotopic (exact) mass is 350 g/mol. The molecule has 26 heavy (non-hydrogen) atoms. The number of hydrogen-bond acceptors (Lipinski definition) is 7. The maximum absolute atomic E-state index is 8.73. The molecule has 0 aliphatic carbocycles. The van der Waals surface area contributed by atoms with E-state index in [1.165, 1.54) is 0 Å². The maximum atomic E-state index is 8.73. The van der Waals surface area contributed by atoms with Gasteiger partial charge in [-0.25, -0.2) is 9.97 Å². The number of nitrogens with two attached hydrogens (primary N) is 2. The molecule has 0 radical (unpaired) electrons. The summed E-state index contributed by atoms with van der Waals surface area (Å²) >= 11 is 0. The smallest absolute Gasteiger partial charge is 0.142 e. The van der Waals surface area contributed by atoms with Gasteiger partial charge in [-0.05, 0) is 36.5 Å². The highest BCUT2D eigenvalue weighted by atomic mass is 15.3. The van der Waals surface area contributed by atoms with Crippen LogP contribution in [-0.2, 0) is 0 Å². The molecule has 2 unspecified atom stereocenters. The molecule has 2 fully saturated rings. The second-order valence-electron chi connectivity index (χ2n) is 6.92. The summed E-state index contributed by atoms with van der Waals surface area (Å²) in [7, 11) is 0. The van der Waals surface area contributed by atoms with E-state index < -0.39 is 0 Å². The van der Waals surface area contributed by atoms with Crippen molar-refractivity contribution in [1.82, 2.24) is 19.9 Å². The lowest BCUT2D eigenvalue weighted by molar-refractivity contribution is 0.347. The van der Waals surface area contributed by atoms with Gasteiger partial charge in [0, 0.05) is 32.4 Å². The minimum Gasteiger partial charge on any atom is -0.390 e. The third-order valence-electron chi connectivity index (χ3n) is 5.36. The van der Waals surface area contributed by atoms with Crippen LogP contribution in [0.2, 0.25) is 0 Å². The quantitative estimate of drug-likeness (QED) is 0.554. The number of rotatable bonds is 3. The Hall–Kier alpha value is -3.21. The lowest BCUT2D eigenvalue weighted by atomic mass is 9.88. The molecule has 0 bridgehead atoms. The van der Waals surface area contributed by atoms with E-state index in [1.807, 2.05) is 18.3 Å². The van der Waals surface area contributed by atoms with Crippen LogP contribution < -0.4 is 16.4 Å². The first-order valence-corrected chi connectivity index (χ1v) is 8.76. The predicted molar refractivity (Wildman–Crippen MR) is 99.4 cm³/mol. The number of nitrogens with zero attached hydrogens (tertiary/aromatic N) is 5.